The second-order valence-corrected chi connectivity index (χ2v) is 6.57. The number of rotatable bonds is 5. The van der Waals surface area contributed by atoms with E-state index < -0.39 is 10.0 Å². The van der Waals surface area contributed by atoms with Crippen molar-refractivity contribution in [3.05, 3.63) is 24.3 Å². The Bertz CT molecular complexity index is 513. The third kappa shape index (κ3) is 3.26. The lowest BCUT2D eigenvalue weighted by atomic mass is 10.2. The third-order valence-corrected chi connectivity index (χ3v) is 4.97. The molecule has 0 amide bonds. The fraction of sp³-hybridized carbons (Fsp3) is 0.538. The minimum absolute atomic E-state index is 0.237. The zero-order valence-electron chi connectivity index (χ0n) is 11.2. The maximum absolute atomic E-state index is 11.6. The summed E-state index contributed by atoms with van der Waals surface area (Å²) < 4.78 is 30.9. The summed E-state index contributed by atoms with van der Waals surface area (Å²) in [5.74, 6) is 0. The normalized spacial score (nSPS) is 23.5. The molecule has 2 rings (SSSR count). The van der Waals surface area contributed by atoms with Gasteiger partial charge in [0.1, 0.15) is 0 Å². The van der Waals surface area contributed by atoms with Crippen molar-refractivity contribution < 1.29 is 13.2 Å². The van der Waals surface area contributed by atoms with Crippen LogP contribution in [0.4, 0.5) is 5.69 Å². The monoisotopic (exact) mass is 284 g/mol. The van der Waals surface area contributed by atoms with Gasteiger partial charge in [-0.1, -0.05) is 0 Å². The summed E-state index contributed by atoms with van der Waals surface area (Å²) in [7, 11) is -0.225. The topological polar surface area (TPSA) is 67.4 Å². The zero-order chi connectivity index (χ0) is 13.9. The third-order valence-electron chi connectivity index (χ3n) is 3.54. The second-order valence-electron chi connectivity index (χ2n) is 4.69. The molecular weight excluding hydrogens is 264 g/mol. The number of methoxy groups -OCH3 is 1. The van der Waals surface area contributed by atoms with Gasteiger partial charge in [0.2, 0.25) is 10.0 Å². The van der Waals surface area contributed by atoms with E-state index in [0.29, 0.717) is 6.04 Å². The minimum atomic E-state index is -3.36. The number of hydrogen-bond acceptors (Lipinski definition) is 4. The summed E-state index contributed by atoms with van der Waals surface area (Å²) in [6, 6.07) is 7.08. The number of benzene rings is 1. The van der Waals surface area contributed by atoms with Gasteiger partial charge in [0.25, 0.3) is 0 Å². The molecule has 1 aromatic rings. The molecule has 0 spiro atoms. The molecule has 0 saturated heterocycles. The van der Waals surface area contributed by atoms with E-state index in [9.17, 15) is 8.42 Å². The van der Waals surface area contributed by atoms with E-state index in [1.807, 2.05) is 0 Å². The predicted octanol–water partition coefficient (Wildman–Crippen LogP) is 1.57. The van der Waals surface area contributed by atoms with Gasteiger partial charge in [0.05, 0.1) is 17.0 Å². The summed E-state index contributed by atoms with van der Waals surface area (Å²) in [5, 5.41) is 3.40. The first-order valence-electron chi connectivity index (χ1n) is 6.40. The average molecular weight is 284 g/mol. The molecule has 19 heavy (non-hydrogen) atoms. The van der Waals surface area contributed by atoms with Crippen LogP contribution in [0.1, 0.15) is 19.3 Å². The molecule has 1 aromatic carbocycles. The molecule has 0 bridgehead atoms. The Morgan fingerprint density at radius 1 is 1.21 bits per heavy atom. The van der Waals surface area contributed by atoms with E-state index in [4.69, 9.17) is 4.74 Å². The molecule has 2 unspecified atom stereocenters. The highest BCUT2D eigenvalue weighted by Gasteiger charge is 2.26. The van der Waals surface area contributed by atoms with Crippen LogP contribution in [0.2, 0.25) is 0 Å². The minimum Gasteiger partial charge on any atom is -0.380 e. The van der Waals surface area contributed by atoms with E-state index in [1.54, 1.807) is 31.4 Å². The van der Waals surface area contributed by atoms with Crippen LogP contribution in [0.5, 0.6) is 0 Å². The Hall–Kier alpha value is -1.11. The van der Waals surface area contributed by atoms with Crippen LogP contribution in [0.3, 0.4) is 0 Å². The highest BCUT2D eigenvalue weighted by atomic mass is 32.2. The Morgan fingerprint density at radius 2 is 1.89 bits per heavy atom. The summed E-state index contributed by atoms with van der Waals surface area (Å²) in [6.07, 6.45) is 3.54. The average Bonchev–Trinajstić information content (AvgIpc) is 2.86. The largest absolute Gasteiger partial charge is 0.380 e. The molecule has 0 radical (unpaired) electrons. The van der Waals surface area contributed by atoms with E-state index in [2.05, 4.69) is 10.0 Å². The van der Waals surface area contributed by atoms with Gasteiger partial charge in [-0.15, -0.1) is 0 Å². The molecule has 0 aliphatic heterocycles. The van der Waals surface area contributed by atoms with Gasteiger partial charge in [0, 0.05) is 12.8 Å². The number of sulfonamides is 1. The van der Waals surface area contributed by atoms with Crippen LogP contribution in [-0.4, -0.2) is 34.7 Å². The summed E-state index contributed by atoms with van der Waals surface area (Å²) in [4.78, 5) is 0.273. The van der Waals surface area contributed by atoms with E-state index in [-0.39, 0.29) is 11.0 Å². The number of hydrogen-bond donors (Lipinski definition) is 2. The van der Waals surface area contributed by atoms with Crippen molar-refractivity contribution in [3.63, 3.8) is 0 Å². The molecule has 6 heteroatoms. The second kappa shape index (κ2) is 5.90. The maximum Gasteiger partial charge on any atom is 0.240 e. The summed E-state index contributed by atoms with van der Waals surface area (Å²) in [5.41, 5.74) is 0.920. The highest BCUT2D eigenvalue weighted by molar-refractivity contribution is 7.89. The van der Waals surface area contributed by atoms with Gasteiger partial charge >= 0.3 is 0 Å². The lowest BCUT2D eigenvalue weighted by Gasteiger charge is -2.20. The first kappa shape index (κ1) is 14.3. The van der Waals surface area contributed by atoms with Gasteiger partial charge in [-0.05, 0) is 50.6 Å². The number of anilines is 1. The lowest BCUT2D eigenvalue weighted by molar-refractivity contribution is 0.101. The Balaban J connectivity index is 2.07. The summed E-state index contributed by atoms with van der Waals surface area (Å²) >= 11 is 0. The zero-order valence-corrected chi connectivity index (χ0v) is 12.0. The van der Waals surface area contributed by atoms with Crippen LogP contribution in [0.25, 0.3) is 0 Å². The lowest BCUT2D eigenvalue weighted by Crippen LogP contribution is -2.29. The van der Waals surface area contributed by atoms with E-state index in [1.165, 1.54) is 7.05 Å². The fourth-order valence-corrected chi connectivity index (χ4v) is 3.17. The SMILES string of the molecule is CNS(=O)(=O)c1ccc(NC2CCCC2OC)cc1. The van der Waals surface area contributed by atoms with Crippen molar-refractivity contribution in [2.75, 3.05) is 19.5 Å². The predicted molar refractivity (Wildman–Crippen MR) is 74.7 cm³/mol. The van der Waals surface area contributed by atoms with Gasteiger partial charge in [-0.3, -0.25) is 0 Å². The van der Waals surface area contributed by atoms with Crippen molar-refractivity contribution in [3.8, 4) is 0 Å². The van der Waals surface area contributed by atoms with Gasteiger partial charge in [-0.25, -0.2) is 13.1 Å². The first-order valence-corrected chi connectivity index (χ1v) is 7.88. The highest BCUT2D eigenvalue weighted by Crippen LogP contribution is 2.25. The molecular formula is C13H20N2O3S. The maximum atomic E-state index is 11.6. The van der Waals surface area contributed by atoms with Crippen LogP contribution in [0.15, 0.2) is 29.2 Å². The Kier molecular flexibility index (Phi) is 4.44. The van der Waals surface area contributed by atoms with Crippen LogP contribution < -0.4 is 10.0 Å². The fourth-order valence-electron chi connectivity index (χ4n) is 2.44. The van der Waals surface area contributed by atoms with Crippen molar-refractivity contribution >= 4 is 15.7 Å². The first-order chi connectivity index (χ1) is 9.06. The standard InChI is InChI=1S/C13H20N2O3S/c1-14-19(16,17)11-8-6-10(7-9-11)15-12-4-3-5-13(12)18-2/h6-9,12-15H,3-5H2,1-2H3. The summed E-state index contributed by atoms with van der Waals surface area (Å²) in [6.45, 7) is 0. The van der Waals surface area contributed by atoms with Crippen molar-refractivity contribution in [1.82, 2.24) is 4.72 Å². The smallest absolute Gasteiger partial charge is 0.240 e. The van der Waals surface area contributed by atoms with Crippen molar-refractivity contribution in [2.24, 2.45) is 0 Å². The molecule has 1 saturated carbocycles. The van der Waals surface area contributed by atoms with Crippen LogP contribution >= 0.6 is 0 Å². The molecule has 106 valence electrons. The molecule has 2 atom stereocenters. The molecule has 2 N–H and O–H groups in total. The molecule has 1 aliphatic rings. The number of nitrogens with one attached hydrogen (secondary N) is 2. The van der Waals surface area contributed by atoms with Crippen molar-refractivity contribution in [1.29, 1.82) is 0 Å². The molecule has 0 heterocycles. The quantitative estimate of drug-likeness (QED) is 0.861. The van der Waals surface area contributed by atoms with Crippen LogP contribution in [-0.2, 0) is 14.8 Å². The van der Waals surface area contributed by atoms with E-state index >= 15 is 0 Å². The van der Waals surface area contributed by atoms with Crippen molar-refractivity contribution in [2.45, 2.75) is 36.3 Å². The number of ether oxygens (including phenoxy) is 1. The van der Waals surface area contributed by atoms with E-state index in [0.717, 1.165) is 24.9 Å². The molecule has 1 fully saturated rings. The van der Waals surface area contributed by atoms with Gasteiger partial charge in [0.15, 0.2) is 0 Å². The molecule has 5 nitrogen and oxygen atoms in total. The van der Waals surface area contributed by atoms with Gasteiger partial charge in [-0.2, -0.15) is 0 Å². The Morgan fingerprint density at radius 3 is 2.47 bits per heavy atom. The van der Waals surface area contributed by atoms with Gasteiger partial charge < -0.3 is 10.1 Å². The molecule has 0 aromatic heterocycles. The Labute approximate surface area is 114 Å². The van der Waals surface area contributed by atoms with Crippen LogP contribution in [0, 0.1) is 0 Å². The molecule has 1 aliphatic carbocycles.